The van der Waals surface area contributed by atoms with Crippen LogP contribution < -0.4 is 4.90 Å². The second kappa shape index (κ2) is 6.36. The van der Waals surface area contributed by atoms with Crippen molar-refractivity contribution in [2.75, 3.05) is 32.1 Å². The van der Waals surface area contributed by atoms with Crippen LogP contribution in [0.3, 0.4) is 0 Å². The smallest absolute Gasteiger partial charge is 0.407 e. The maximum atomic E-state index is 12.2. The standard InChI is InChI=1S/C17H20ClN3O3/c1-19(2)6-5-16(22)14-4-3-11(8-15(14)18)20-9-13-7-12(20)10-21(13)17(23)24/h3-6,8,12-13H,7,9-10H2,1-2H3,(H,23,24)/b6-5+. The van der Waals surface area contributed by atoms with Crippen LogP contribution in [-0.4, -0.2) is 66.1 Å². The molecule has 1 N–H and O–H groups in total. The minimum absolute atomic E-state index is 0.0376. The highest BCUT2D eigenvalue weighted by atomic mass is 35.5. The zero-order valence-corrected chi connectivity index (χ0v) is 14.4. The Morgan fingerprint density at radius 3 is 2.58 bits per heavy atom. The summed E-state index contributed by atoms with van der Waals surface area (Å²) in [6, 6.07) is 5.63. The molecule has 2 aliphatic heterocycles. The quantitative estimate of drug-likeness (QED) is 0.668. The van der Waals surface area contributed by atoms with Crippen LogP contribution in [0.15, 0.2) is 30.5 Å². The third-order valence-electron chi connectivity index (χ3n) is 4.56. The number of piperazine rings is 1. The molecule has 0 saturated carbocycles. The zero-order valence-electron chi connectivity index (χ0n) is 13.6. The average molecular weight is 350 g/mol. The van der Waals surface area contributed by atoms with E-state index in [2.05, 4.69) is 4.90 Å². The van der Waals surface area contributed by atoms with Gasteiger partial charge in [0.15, 0.2) is 5.78 Å². The monoisotopic (exact) mass is 349 g/mol. The molecule has 2 saturated heterocycles. The number of carbonyl (C=O) groups is 2. The van der Waals surface area contributed by atoms with Crippen molar-refractivity contribution >= 4 is 29.2 Å². The van der Waals surface area contributed by atoms with Crippen molar-refractivity contribution in [3.8, 4) is 0 Å². The number of carbonyl (C=O) groups excluding carboxylic acids is 1. The number of hydrogen-bond acceptors (Lipinski definition) is 4. The summed E-state index contributed by atoms with van der Waals surface area (Å²) in [5, 5.41) is 9.58. The maximum Gasteiger partial charge on any atom is 0.407 e. The lowest BCUT2D eigenvalue weighted by Gasteiger charge is -2.34. The summed E-state index contributed by atoms with van der Waals surface area (Å²) in [4.78, 5) is 28.8. The number of anilines is 1. The molecule has 24 heavy (non-hydrogen) atoms. The highest BCUT2D eigenvalue weighted by Gasteiger charge is 2.45. The van der Waals surface area contributed by atoms with Gasteiger partial charge < -0.3 is 19.8 Å². The Labute approximate surface area is 145 Å². The summed E-state index contributed by atoms with van der Waals surface area (Å²) in [6.07, 6.45) is 3.17. The first kappa shape index (κ1) is 16.6. The fraction of sp³-hybridized carbons (Fsp3) is 0.412. The largest absolute Gasteiger partial charge is 0.465 e. The second-order valence-electron chi connectivity index (χ2n) is 6.44. The number of likely N-dealkylation sites (tertiary alicyclic amines) is 1. The maximum absolute atomic E-state index is 12.2. The number of rotatable bonds is 4. The molecule has 2 heterocycles. The predicted octanol–water partition coefficient (Wildman–Crippen LogP) is 2.54. The van der Waals surface area contributed by atoms with Crippen molar-refractivity contribution in [3.05, 3.63) is 41.1 Å². The second-order valence-corrected chi connectivity index (χ2v) is 6.85. The Bertz CT molecular complexity index is 704. The number of benzene rings is 1. The molecule has 0 aromatic heterocycles. The van der Waals surface area contributed by atoms with E-state index < -0.39 is 6.09 Å². The summed E-state index contributed by atoms with van der Waals surface area (Å²) in [5.74, 6) is -0.139. The van der Waals surface area contributed by atoms with Crippen molar-refractivity contribution in [2.45, 2.75) is 18.5 Å². The number of ketones is 1. The summed E-state index contributed by atoms with van der Waals surface area (Å²) in [6.45, 7) is 1.19. The van der Waals surface area contributed by atoms with E-state index in [9.17, 15) is 9.59 Å². The van der Waals surface area contributed by atoms with Gasteiger partial charge in [-0.25, -0.2) is 4.79 Å². The molecule has 3 rings (SSSR count). The molecule has 0 aliphatic carbocycles. The van der Waals surface area contributed by atoms with Gasteiger partial charge in [0.1, 0.15) is 0 Å². The first-order valence-electron chi connectivity index (χ1n) is 7.81. The van der Waals surface area contributed by atoms with E-state index in [0.29, 0.717) is 23.7 Å². The van der Waals surface area contributed by atoms with Gasteiger partial charge in [-0.05, 0) is 24.6 Å². The molecule has 6 nitrogen and oxygen atoms in total. The van der Waals surface area contributed by atoms with Crippen LogP contribution in [0.1, 0.15) is 16.8 Å². The fourth-order valence-corrected chi connectivity index (χ4v) is 3.67. The van der Waals surface area contributed by atoms with Crippen LogP contribution in [0.5, 0.6) is 0 Å². The molecule has 7 heteroatoms. The summed E-state index contributed by atoms with van der Waals surface area (Å²) >= 11 is 6.30. The van der Waals surface area contributed by atoms with E-state index in [1.807, 2.05) is 20.2 Å². The van der Waals surface area contributed by atoms with Gasteiger partial charge in [-0.3, -0.25) is 4.79 Å². The highest BCUT2D eigenvalue weighted by molar-refractivity contribution is 6.34. The van der Waals surface area contributed by atoms with Crippen molar-refractivity contribution in [1.29, 1.82) is 0 Å². The number of carboxylic acid groups (broad SMARTS) is 1. The van der Waals surface area contributed by atoms with E-state index >= 15 is 0 Å². The van der Waals surface area contributed by atoms with Gasteiger partial charge in [-0.15, -0.1) is 0 Å². The van der Waals surface area contributed by atoms with Crippen LogP contribution in [0.25, 0.3) is 0 Å². The molecule has 2 unspecified atom stereocenters. The molecule has 0 radical (unpaired) electrons. The molecule has 2 atom stereocenters. The molecule has 2 aliphatic rings. The number of hydrogen-bond donors (Lipinski definition) is 1. The highest BCUT2D eigenvalue weighted by Crippen LogP contribution is 2.36. The van der Waals surface area contributed by atoms with Crippen LogP contribution in [0, 0.1) is 0 Å². The van der Waals surface area contributed by atoms with Gasteiger partial charge in [0, 0.05) is 56.8 Å². The minimum atomic E-state index is -0.853. The van der Waals surface area contributed by atoms with Crippen molar-refractivity contribution in [1.82, 2.24) is 9.80 Å². The first-order chi connectivity index (χ1) is 11.4. The van der Waals surface area contributed by atoms with Crippen LogP contribution in [0.2, 0.25) is 5.02 Å². The third kappa shape index (κ3) is 3.06. The summed E-state index contributed by atoms with van der Waals surface area (Å²) in [7, 11) is 3.69. The van der Waals surface area contributed by atoms with E-state index in [4.69, 9.17) is 16.7 Å². The summed E-state index contributed by atoms with van der Waals surface area (Å²) < 4.78 is 0. The van der Waals surface area contributed by atoms with Gasteiger partial charge in [0.2, 0.25) is 0 Å². The van der Waals surface area contributed by atoms with Gasteiger partial charge in [0.05, 0.1) is 11.1 Å². The molecule has 1 aromatic carbocycles. The SMILES string of the molecule is CN(C)/C=C/C(=O)c1ccc(N2CC3CC2CN3C(=O)O)cc1Cl. The normalized spacial score (nSPS) is 22.5. The predicted molar refractivity (Wildman–Crippen MR) is 92.9 cm³/mol. The van der Waals surface area contributed by atoms with E-state index in [-0.39, 0.29) is 17.9 Å². The molecule has 128 valence electrons. The minimum Gasteiger partial charge on any atom is -0.465 e. The van der Waals surface area contributed by atoms with Gasteiger partial charge in [-0.1, -0.05) is 11.6 Å². The molecule has 1 aromatic rings. The Morgan fingerprint density at radius 1 is 1.29 bits per heavy atom. The van der Waals surface area contributed by atoms with Gasteiger partial charge in [-0.2, -0.15) is 0 Å². The van der Waals surface area contributed by atoms with E-state index in [1.54, 1.807) is 23.2 Å². The number of amides is 1. The number of halogens is 1. The molecular weight excluding hydrogens is 330 g/mol. The topological polar surface area (TPSA) is 64.1 Å². The van der Waals surface area contributed by atoms with Crippen LogP contribution >= 0.6 is 11.6 Å². The van der Waals surface area contributed by atoms with Crippen LogP contribution in [0.4, 0.5) is 10.5 Å². The lowest BCUT2D eigenvalue weighted by atomic mass is 10.1. The zero-order chi connectivity index (χ0) is 17.4. The van der Waals surface area contributed by atoms with E-state index in [1.165, 1.54) is 11.0 Å². The van der Waals surface area contributed by atoms with Gasteiger partial charge in [0.25, 0.3) is 0 Å². The third-order valence-corrected chi connectivity index (χ3v) is 4.87. The summed E-state index contributed by atoms with van der Waals surface area (Å²) in [5.41, 5.74) is 1.40. The number of nitrogens with zero attached hydrogens (tertiary/aromatic N) is 3. The average Bonchev–Trinajstić information content (AvgIpc) is 3.12. The van der Waals surface area contributed by atoms with Crippen LogP contribution in [-0.2, 0) is 0 Å². The Morgan fingerprint density at radius 2 is 2.04 bits per heavy atom. The number of allylic oxidation sites excluding steroid dienone is 1. The molecule has 2 bridgehead atoms. The molecule has 1 amide bonds. The molecular formula is C17H20ClN3O3. The molecule has 0 spiro atoms. The van der Waals surface area contributed by atoms with Gasteiger partial charge >= 0.3 is 6.09 Å². The molecule has 2 fully saturated rings. The lowest BCUT2D eigenvalue weighted by Crippen LogP contribution is -2.48. The Kier molecular flexibility index (Phi) is 4.41. The first-order valence-corrected chi connectivity index (χ1v) is 8.19. The Balaban J connectivity index is 1.75. The van der Waals surface area contributed by atoms with E-state index in [0.717, 1.165) is 12.1 Å². The van der Waals surface area contributed by atoms with Crippen molar-refractivity contribution < 1.29 is 14.7 Å². The lowest BCUT2D eigenvalue weighted by molar-refractivity contribution is 0.104. The Hall–Kier alpha value is -2.21. The van der Waals surface area contributed by atoms with Crippen molar-refractivity contribution in [2.24, 2.45) is 0 Å². The fourth-order valence-electron chi connectivity index (χ4n) is 3.41. The number of fused-ring (bicyclic) bond motifs is 2. The van der Waals surface area contributed by atoms with Crippen molar-refractivity contribution in [3.63, 3.8) is 0 Å².